The smallest absolute Gasteiger partial charge is 0.337 e. The Balaban J connectivity index is 0.000000263. The molecule has 97 heavy (non-hydrogen) atoms. The fraction of sp³-hybridized carbons (Fsp3) is 0.397. The van der Waals surface area contributed by atoms with Crippen molar-refractivity contribution in [3.63, 3.8) is 0 Å². The van der Waals surface area contributed by atoms with E-state index in [1.165, 1.54) is 37.3 Å². The van der Waals surface area contributed by atoms with Crippen LogP contribution in [0, 0.1) is 5.92 Å². The van der Waals surface area contributed by atoms with E-state index in [4.69, 9.17) is 10.5 Å². The Morgan fingerprint density at radius 2 is 0.897 bits per heavy atom. The summed E-state index contributed by atoms with van der Waals surface area (Å²) in [6.07, 6.45) is 19.2. The summed E-state index contributed by atoms with van der Waals surface area (Å²) in [5, 5.41) is 23.8. The van der Waals surface area contributed by atoms with E-state index in [1.54, 1.807) is 17.0 Å². The number of halogens is 7. The standard InChI is InChI=1S/C21H26Br2N2O2.C21H22Br2N2O.C15H23BrO.C8H16O.C7H4BrNO.C6H6BrN/c1-3-5-19(20(26)6-4-2)25(18-13-9-16(23)10-14-18)21(27)24-17-11-7-15(22)8-12-17;1-3-5-19-20(6-4-2)25(18-13-9-16(23)10-14-18)21(26)24(19)17-11-7-15(22)8-12-17;1-3-5-13(15(17)6-4-2)11-12-7-9-14(16)10-8-12;1-3-5-7-8(9-7)6-4-2;8-6-1-3-7(4-2-6)9-5-10;7-5-1-3-6(8)4-2-5/h7-14,19-20,26H,3-6H2,1-2H3,(H,24,27);7-14H,3-6H2,1-2H3;7-10,13,15,17H,3-6,11H2,1-2H3;7-8H,3-6H2,1-2H3;1-4H;1-4H,8H2. The Morgan fingerprint density at radius 3 is 1.29 bits per heavy atom. The van der Waals surface area contributed by atoms with Gasteiger partial charge >= 0.3 is 11.7 Å². The van der Waals surface area contributed by atoms with Gasteiger partial charge in [0.15, 0.2) is 0 Å². The number of aromatic nitrogens is 2. The highest BCUT2D eigenvalue weighted by atomic mass is 79.9. The molecule has 7 aromatic carbocycles. The second kappa shape index (κ2) is 47.4. The number of urea groups is 1. The van der Waals surface area contributed by atoms with Crippen molar-refractivity contribution >= 4 is 146 Å². The maximum atomic E-state index is 13.4. The van der Waals surface area contributed by atoms with Gasteiger partial charge in [0.05, 0.1) is 47.5 Å². The Labute approximate surface area is 636 Å². The molecule has 0 spiro atoms. The summed E-state index contributed by atoms with van der Waals surface area (Å²) in [6.45, 7) is 17.2. The van der Waals surface area contributed by atoms with E-state index in [-0.39, 0.29) is 23.9 Å². The van der Waals surface area contributed by atoms with Gasteiger partial charge in [-0.15, -0.1) is 0 Å². The van der Waals surface area contributed by atoms with Crippen LogP contribution in [0.1, 0.15) is 162 Å². The minimum absolute atomic E-state index is 0.00143. The van der Waals surface area contributed by atoms with Crippen molar-refractivity contribution in [1.82, 2.24) is 9.13 Å². The molecule has 1 aromatic heterocycles. The monoisotopic (exact) mass is 1770 g/mol. The molecular weight excluding hydrogens is 1680 g/mol. The van der Waals surface area contributed by atoms with E-state index in [0.29, 0.717) is 35.9 Å². The third kappa shape index (κ3) is 30.5. The first kappa shape index (κ1) is 84.7. The second-order valence-corrected chi connectivity index (χ2v) is 30.0. The number of ether oxygens (including phenoxy) is 1. The van der Waals surface area contributed by atoms with Gasteiger partial charge < -0.3 is 26.0 Å². The van der Waals surface area contributed by atoms with Crippen LogP contribution in [-0.2, 0) is 28.8 Å². The first-order valence-electron chi connectivity index (χ1n) is 33.8. The maximum Gasteiger partial charge on any atom is 0.337 e. The number of isocyanates is 1. The molecule has 2 heterocycles. The molecule has 1 aliphatic heterocycles. The summed E-state index contributed by atoms with van der Waals surface area (Å²) in [6, 6.07) is 53.5. The average molecular weight is 1770 g/mol. The second-order valence-electron chi connectivity index (χ2n) is 23.6. The highest BCUT2D eigenvalue weighted by Gasteiger charge is 2.36. The molecule has 2 amide bonds. The molecule has 1 aliphatic rings. The number of nitrogens with two attached hydrogens (primary N) is 1. The summed E-state index contributed by atoms with van der Waals surface area (Å²) in [4.78, 5) is 41.5. The molecule has 0 saturated carbocycles. The van der Waals surface area contributed by atoms with E-state index in [2.05, 4.69) is 195 Å². The Morgan fingerprint density at radius 1 is 0.515 bits per heavy atom. The predicted octanol–water partition coefficient (Wildman–Crippen LogP) is 24.0. The highest BCUT2D eigenvalue weighted by Crippen LogP contribution is 2.31. The van der Waals surface area contributed by atoms with E-state index in [0.717, 1.165) is 142 Å². The number of benzene rings is 7. The normalized spacial score (nSPS) is 13.8. The first-order chi connectivity index (χ1) is 46.7. The molecule has 9 rings (SSSR count). The number of hydrogen-bond acceptors (Lipinski definition) is 8. The lowest BCUT2D eigenvalue weighted by molar-refractivity contribution is 0.0925. The molecular formula is C78H97Br7N6O6. The SMILES string of the molecule is CCCC(O)C(CCC)Cc1ccc(Br)cc1.CCCC(O)C(CCC)N(C(=O)Nc1ccc(Br)cc1)c1ccc(Br)cc1.CCCC1OC1CCC.CCCc1c(CCC)n(-c2ccc(Br)cc2)c(=O)n1-c1ccc(Br)cc1.Nc1ccc(Br)cc1.O=C=Nc1ccc(Br)cc1. The largest absolute Gasteiger partial charge is 0.399 e. The number of carbonyl (C=O) groups excluding carboxylic acids is 2. The van der Waals surface area contributed by atoms with Crippen LogP contribution in [0.25, 0.3) is 11.4 Å². The number of rotatable bonds is 26. The van der Waals surface area contributed by atoms with Gasteiger partial charge in [-0.1, -0.05) is 230 Å². The number of epoxide rings is 1. The van der Waals surface area contributed by atoms with Gasteiger partial charge in [0.25, 0.3) is 0 Å². The van der Waals surface area contributed by atoms with Crippen molar-refractivity contribution in [2.75, 3.05) is 16.0 Å². The molecule has 19 heteroatoms. The molecule has 8 aromatic rings. The number of hydrogen-bond donors (Lipinski definition) is 4. The van der Waals surface area contributed by atoms with Crippen LogP contribution in [0.4, 0.5) is 27.5 Å². The average Bonchev–Trinajstić information content (AvgIpc) is 1.62. The molecule has 6 unspecified atom stereocenters. The number of aliphatic hydroxyl groups excluding tert-OH is 2. The van der Waals surface area contributed by atoms with Crippen molar-refractivity contribution in [3.8, 4) is 11.4 Å². The molecule has 1 fully saturated rings. The van der Waals surface area contributed by atoms with Crippen LogP contribution in [0.15, 0.2) is 211 Å². The molecule has 524 valence electrons. The summed E-state index contributed by atoms with van der Waals surface area (Å²) >= 11 is 23.8. The third-order valence-electron chi connectivity index (χ3n) is 15.7. The number of carbonyl (C=O) groups is 1. The summed E-state index contributed by atoms with van der Waals surface area (Å²) in [7, 11) is 0. The van der Waals surface area contributed by atoms with Crippen molar-refractivity contribution in [1.29, 1.82) is 0 Å². The van der Waals surface area contributed by atoms with Crippen LogP contribution >= 0.6 is 112 Å². The number of nitrogens with one attached hydrogen (secondary N) is 1. The minimum Gasteiger partial charge on any atom is -0.399 e. The van der Waals surface area contributed by atoms with E-state index < -0.39 is 6.10 Å². The van der Waals surface area contributed by atoms with Gasteiger partial charge in [0.2, 0.25) is 6.08 Å². The molecule has 0 radical (unpaired) electrons. The van der Waals surface area contributed by atoms with Crippen molar-refractivity contribution in [3.05, 3.63) is 229 Å². The lowest BCUT2D eigenvalue weighted by Crippen LogP contribution is -2.49. The molecule has 12 nitrogen and oxygen atoms in total. The molecule has 0 aliphatic carbocycles. The quantitative estimate of drug-likeness (QED) is 0.0181. The Kier molecular flexibility index (Phi) is 41.3. The lowest BCUT2D eigenvalue weighted by atomic mass is 9.88. The summed E-state index contributed by atoms with van der Waals surface area (Å²) in [5.74, 6) is 0.404. The van der Waals surface area contributed by atoms with Crippen LogP contribution in [0.3, 0.4) is 0 Å². The number of nitrogen functional groups attached to an aromatic ring is 1. The fourth-order valence-corrected chi connectivity index (χ4v) is 12.7. The fourth-order valence-electron chi connectivity index (χ4n) is 10.9. The number of aliphatic hydroxyl groups is 2. The van der Waals surface area contributed by atoms with Crippen LogP contribution < -0.4 is 21.6 Å². The molecule has 0 bridgehead atoms. The topological polar surface area (TPSA) is 168 Å². The van der Waals surface area contributed by atoms with Crippen molar-refractivity contribution in [2.24, 2.45) is 10.9 Å². The molecule has 5 N–H and O–H groups in total. The van der Waals surface area contributed by atoms with Gasteiger partial charge in [-0.05, 0) is 227 Å². The van der Waals surface area contributed by atoms with Gasteiger partial charge in [0.1, 0.15) is 0 Å². The van der Waals surface area contributed by atoms with Gasteiger partial charge in [-0.25, -0.2) is 14.4 Å². The van der Waals surface area contributed by atoms with Crippen LogP contribution in [0.5, 0.6) is 0 Å². The third-order valence-corrected chi connectivity index (χ3v) is 19.4. The van der Waals surface area contributed by atoms with Crippen molar-refractivity contribution < 1.29 is 24.5 Å². The molecule has 6 atom stereocenters. The highest BCUT2D eigenvalue weighted by molar-refractivity contribution is 9.11. The molecule has 1 saturated heterocycles. The van der Waals surface area contributed by atoms with Gasteiger partial charge in [-0.3, -0.25) is 14.0 Å². The van der Waals surface area contributed by atoms with Crippen LogP contribution in [-0.4, -0.2) is 61.9 Å². The van der Waals surface area contributed by atoms with E-state index >= 15 is 0 Å². The summed E-state index contributed by atoms with van der Waals surface area (Å²) in [5.41, 5.74) is 13.7. The zero-order valence-electron chi connectivity index (χ0n) is 57.2. The number of aliphatic imine (C=N–C) groups is 1. The number of nitrogens with zero attached hydrogens (tertiary/aromatic N) is 4. The number of amides is 2. The lowest BCUT2D eigenvalue weighted by Gasteiger charge is -2.35. The first-order valence-corrected chi connectivity index (χ1v) is 39.3. The Hall–Kier alpha value is -4.76. The van der Waals surface area contributed by atoms with Gasteiger partial charge in [-0.2, -0.15) is 4.99 Å². The zero-order valence-corrected chi connectivity index (χ0v) is 68.3. The van der Waals surface area contributed by atoms with Gasteiger partial charge in [0, 0.05) is 59.8 Å². The zero-order chi connectivity index (χ0) is 71.2. The number of anilines is 3. The Bertz CT molecular complexity index is 3480. The van der Waals surface area contributed by atoms with Crippen molar-refractivity contribution in [2.45, 2.75) is 195 Å². The predicted molar refractivity (Wildman–Crippen MR) is 430 cm³/mol. The minimum atomic E-state index is -0.575. The maximum absolute atomic E-state index is 13.4. The van der Waals surface area contributed by atoms with E-state index in [9.17, 15) is 24.6 Å². The van der Waals surface area contributed by atoms with E-state index in [1.807, 2.05) is 150 Å². The number of imidazole rings is 1. The summed E-state index contributed by atoms with van der Waals surface area (Å²) < 4.78 is 16.2. The van der Waals surface area contributed by atoms with Crippen LogP contribution in [0.2, 0.25) is 0 Å².